The Balaban J connectivity index is 1.81. The first-order chi connectivity index (χ1) is 14.4. The number of halogens is 1. The monoisotopic (exact) mass is 432 g/mol. The van der Waals surface area contributed by atoms with Crippen LogP contribution in [0.4, 0.5) is 4.39 Å². The molecule has 0 bridgehead atoms. The molecule has 1 aliphatic rings. The molecule has 6 heteroatoms. The Morgan fingerprint density at radius 2 is 2.13 bits per heavy atom. The van der Waals surface area contributed by atoms with Gasteiger partial charge in [-0.2, -0.15) is 0 Å². The Hall–Kier alpha value is -1.76. The highest BCUT2D eigenvalue weighted by atomic mass is 32.1. The Labute approximate surface area is 183 Å². The lowest BCUT2D eigenvalue weighted by Crippen LogP contribution is -2.41. The van der Waals surface area contributed by atoms with Crippen LogP contribution in [0.5, 0.6) is 0 Å². The van der Waals surface area contributed by atoms with E-state index < -0.39 is 0 Å². The molecular formula is C24H33FN2O2S. The van der Waals surface area contributed by atoms with Crippen molar-refractivity contribution < 1.29 is 13.9 Å². The number of benzene rings is 1. The zero-order valence-corrected chi connectivity index (χ0v) is 19.3. The van der Waals surface area contributed by atoms with Crippen LogP contribution < -0.4 is 0 Å². The summed E-state index contributed by atoms with van der Waals surface area (Å²) in [6, 6.07) is 9.11. The van der Waals surface area contributed by atoms with Crippen LogP contribution in [-0.4, -0.2) is 55.6 Å². The zero-order valence-electron chi connectivity index (χ0n) is 18.4. The van der Waals surface area contributed by atoms with Gasteiger partial charge in [-0.15, -0.1) is 11.3 Å². The van der Waals surface area contributed by atoms with Gasteiger partial charge in [0, 0.05) is 56.5 Å². The smallest absolute Gasteiger partial charge is 0.225 e. The molecular weight excluding hydrogens is 399 g/mol. The molecule has 1 amide bonds. The van der Waals surface area contributed by atoms with Crippen LogP contribution in [0.2, 0.25) is 0 Å². The van der Waals surface area contributed by atoms with E-state index in [0.29, 0.717) is 19.7 Å². The Kier molecular flexibility index (Phi) is 8.03. The summed E-state index contributed by atoms with van der Waals surface area (Å²) in [6.07, 6.45) is 0. The van der Waals surface area contributed by atoms with Gasteiger partial charge in [-0.05, 0) is 47.5 Å². The minimum absolute atomic E-state index is 0.0549. The molecule has 0 unspecified atom stereocenters. The van der Waals surface area contributed by atoms with Gasteiger partial charge in [0.25, 0.3) is 0 Å². The quantitative estimate of drug-likeness (QED) is 0.583. The molecule has 0 aliphatic carbocycles. The van der Waals surface area contributed by atoms with Gasteiger partial charge in [0.05, 0.1) is 6.61 Å². The summed E-state index contributed by atoms with van der Waals surface area (Å²) < 4.78 is 19.2. The molecule has 0 saturated carbocycles. The fourth-order valence-electron chi connectivity index (χ4n) is 4.30. The number of rotatable bonds is 9. The first-order valence-corrected chi connectivity index (χ1v) is 11.6. The molecule has 2 aromatic rings. The Morgan fingerprint density at radius 3 is 2.77 bits per heavy atom. The minimum atomic E-state index is -0.201. The van der Waals surface area contributed by atoms with E-state index >= 15 is 0 Å². The maximum Gasteiger partial charge on any atom is 0.225 e. The normalized spacial score (nSPS) is 19.5. The van der Waals surface area contributed by atoms with E-state index in [9.17, 15) is 9.18 Å². The highest BCUT2D eigenvalue weighted by Crippen LogP contribution is 2.35. The van der Waals surface area contributed by atoms with Gasteiger partial charge in [0.15, 0.2) is 0 Å². The molecule has 1 fully saturated rings. The maximum absolute atomic E-state index is 14.0. The van der Waals surface area contributed by atoms with Gasteiger partial charge in [0.2, 0.25) is 5.91 Å². The van der Waals surface area contributed by atoms with Crippen molar-refractivity contribution in [2.24, 2.45) is 11.8 Å². The van der Waals surface area contributed by atoms with Crippen LogP contribution in [0, 0.1) is 24.6 Å². The molecule has 1 saturated heterocycles. The fourth-order valence-corrected chi connectivity index (χ4v) is 5.25. The number of methoxy groups -OCH3 is 1. The number of hydrogen-bond donors (Lipinski definition) is 0. The van der Waals surface area contributed by atoms with Crippen molar-refractivity contribution in [1.82, 2.24) is 9.80 Å². The topological polar surface area (TPSA) is 32.8 Å². The van der Waals surface area contributed by atoms with Gasteiger partial charge < -0.3 is 9.64 Å². The number of nitrogens with zero attached hydrogens (tertiary/aromatic N) is 2. The summed E-state index contributed by atoms with van der Waals surface area (Å²) in [5, 5.41) is 2.13. The second kappa shape index (κ2) is 10.5. The third-order valence-corrected chi connectivity index (χ3v) is 6.96. The van der Waals surface area contributed by atoms with E-state index in [1.54, 1.807) is 30.6 Å². The third-order valence-electron chi connectivity index (χ3n) is 5.95. The van der Waals surface area contributed by atoms with Gasteiger partial charge in [-0.25, -0.2) is 4.39 Å². The summed E-state index contributed by atoms with van der Waals surface area (Å²) in [5.74, 6) is 0.351. The van der Waals surface area contributed by atoms with E-state index in [1.165, 1.54) is 16.5 Å². The molecule has 0 N–H and O–H groups in total. The lowest BCUT2D eigenvalue weighted by atomic mass is 9.88. The Morgan fingerprint density at radius 1 is 1.33 bits per heavy atom. The number of likely N-dealkylation sites (tertiary alicyclic amines) is 1. The molecule has 4 nitrogen and oxygen atoms in total. The van der Waals surface area contributed by atoms with Crippen LogP contribution in [0.3, 0.4) is 0 Å². The molecule has 1 aliphatic heterocycles. The Bertz CT molecular complexity index is 838. The molecule has 1 aromatic heterocycles. The lowest BCUT2D eigenvalue weighted by molar-refractivity contribution is -0.135. The van der Waals surface area contributed by atoms with Crippen molar-refractivity contribution in [3.05, 3.63) is 57.5 Å². The van der Waals surface area contributed by atoms with Crippen LogP contribution in [0.1, 0.15) is 35.8 Å². The fraction of sp³-hybridized carbons (Fsp3) is 0.542. The maximum atomic E-state index is 14.0. The van der Waals surface area contributed by atoms with Crippen molar-refractivity contribution in [1.29, 1.82) is 0 Å². The molecule has 1 aromatic carbocycles. The van der Waals surface area contributed by atoms with Crippen molar-refractivity contribution in [2.45, 2.75) is 33.2 Å². The predicted molar refractivity (Wildman–Crippen MR) is 120 cm³/mol. The molecule has 3 rings (SSSR count). The van der Waals surface area contributed by atoms with Gasteiger partial charge in [-0.1, -0.05) is 26.0 Å². The number of aryl methyl sites for hydroxylation is 1. The number of ether oxygens (including phenoxy) is 1. The largest absolute Gasteiger partial charge is 0.383 e. The van der Waals surface area contributed by atoms with E-state index in [1.807, 2.05) is 24.8 Å². The second-order valence-electron chi connectivity index (χ2n) is 8.57. The van der Waals surface area contributed by atoms with Crippen molar-refractivity contribution in [3.63, 3.8) is 0 Å². The number of carbonyl (C=O) groups excluding carboxylic acids is 1. The third kappa shape index (κ3) is 5.68. The predicted octanol–water partition coefficient (Wildman–Crippen LogP) is 4.54. The van der Waals surface area contributed by atoms with Crippen LogP contribution in [0.15, 0.2) is 35.7 Å². The first kappa shape index (κ1) is 22.9. The van der Waals surface area contributed by atoms with Crippen LogP contribution in [-0.2, 0) is 16.1 Å². The van der Waals surface area contributed by atoms with Crippen molar-refractivity contribution in [2.75, 3.05) is 39.9 Å². The van der Waals surface area contributed by atoms with Crippen LogP contribution >= 0.6 is 11.3 Å². The summed E-state index contributed by atoms with van der Waals surface area (Å²) >= 11 is 1.79. The zero-order chi connectivity index (χ0) is 21.7. The minimum Gasteiger partial charge on any atom is -0.383 e. The number of amides is 1. The summed E-state index contributed by atoms with van der Waals surface area (Å²) in [7, 11) is 1.66. The molecule has 164 valence electrons. The first-order valence-electron chi connectivity index (χ1n) is 10.7. The standard InChI is InChI=1S/C24H33FN2O2S/c1-17(2)24(28)27(9-10-29-4)14-20-13-26(16-23-18(3)8-11-30-23)15-22(20)19-6-5-7-21(25)12-19/h5-8,11-12,17,20,22H,9-10,13-16H2,1-4H3/t20-,22+/m1/s1. The average molecular weight is 433 g/mol. The van der Waals surface area contributed by atoms with Crippen molar-refractivity contribution in [3.8, 4) is 0 Å². The van der Waals surface area contributed by atoms with E-state index in [-0.39, 0.29) is 29.5 Å². The summed E-state index contributed by atoms with van der Waals surface area (Å²) in [6.45, 7) is 10.5. The second-order valence-corrected chi connectivity index (χ2v) is 9.57. The molecule has 2 heterocycles. The average Bonchev–Trinajstić information content (AvgIpc) is 3.30. The van der Waals surface area contributed by atoms with Gasteiger partial charge >= 0.3 is 0 Å². The van der Waals surface area contributed by atoms with E-state index in [4.69, 9.17) is 4.74 Å². The number of hydrogen-bond acceptors (Lipinski definition) is 4. The van der Waals surface area contributed by atoms with Crippen molar-refractivity contribution >= 4 is 17.2 Å². The van der Waals surface area contributed by atoms with Gasteiger partial charge in [0.1, 0.15) is 5.82 Å². The lowest BCUT2D eigenvalue weighted by Gasteiger charge is -2.29. The van der Waals surface area contributed by atoms with Gasteiger partial charge in [-0.3, -0.25) is 9.69 Å². The number of thiophene rings is 1. The highest BCUT2D eigenvalue weighted by Gasteiger charge is 2.36. The van der Waals surface area contributed by atoms with E-state index in [0.717, 1.165) is 25.2 Å². The molecule has 0 spiro atoms. The molecule has 30 heavy (non-hydrogen) atoms. The highest BCUT2D eigenvalue weighted by molar-refractivity contribution is 7.10. The van der Waals surface area contributed by atoms with Crippen LogP contribution in [0.25, 0.3) is 0 Å². The summed E-state index contributed by atoms with van der Waals surface area (Å²) in [5.41, 5.74) is 2.34. The number of carbonyl (C=O) groups is 1. The molecule has 0 radical (unpaired) electrons. The SMILES string of the molecule is COCCN(C[C@H]1CN(Cc2sccc2C)C[C@H]1c1cccc(F)c1)C(=O)C(C)C. The summed E-state index contributed by atoms with van der Waals surface area (Å²) in [4.78, 5) is 18.6. The van der Waals surface area contributed by atoms with E-state index in [2.05, 4.69) is 23.3 Å². The molecule has 2 atom stereocenters.